The second-order valence-electron chi connectivity index (χ2n) is 5.36. The molecule has 3 rings (SSSR count). The van der Waals surface area contributed by atoms with E-state index in [4.69, 9.17) is 9.47 Å². The molecule has 0 unspecified atom stereocenters. The first-order valence-electron chi connectivity index (χ1n) is 7.30. The highest BCUT2D eigenvalue weighted by Gasteiger charge is 2.16. The number of hydrogen-bond donors (Lipinski definition) is 0. The van der Waals surface area contributed by atoms with Gasteiger partial charge in [-0.3, -0.25) is 4.99 Å². The maximum absolute atomic E-state index is 5.50. The monoisotopic (exact) mass is 296 g/mol. The number of anilines is 1. The first kappa shape index (κ1) is 14.4. The van der Waals surface area contributed by atoms with Crippen LogP contribution in [0.4, 0.5) is 11.4 Å². The van der Waals surface area contributed by atoms with Gasteiger partial charge in [0, 0.05) is 24.4 Å². The van der Waals surface area contributed by atoms with Crippen molar-refractivity contribution in [3.63, 3.8) is 0 Å². The molecule has 0 bridgehead atoms. The zero-order chi connectivity index (χ0) is 15.5. The maximum atomic E-state index is 5.50. The van der Waals surface area contributed by atoms with Crippen molar-refractivity contribution in [2.75, 3.05) is 25.7 Å². The molecular weight excluding hydrogens is 276 g/mol. The van der Waals surface area contributed by atoms with E-state index in [-0.39, 0.29) is 0 Å². The molecular formula is C18H20N2O2. The summed E-state index contributed by atoms with van der Waals surface area (Å²) in [7, 11) is 3.35. The second kappa shape index (κ2) is 6.10. The van der Waals surface area contributed by atoms with Gasteiger partial charge < -0.3 is 14.4 Å². The largest absolute Gasteiger partial charge is 0.497 e. The van der Waals surface area contributed by atoms with E-state index in [9.17, 15) is 0 Å². The highest BCUT2D eigenvalue weighted by atomic mass is 16.5. The van der Waals surface area contributed by atoms with Crippen LogP contribution in [0.5, 0.6) is 11.5 Å². The lowest BCUT2D eigenvalue weighted by Crippen LogP contribution is -2.27. The molecule has 2 aromatic rings. The minimum absolute atomic E-state index is 0.773. The molecule has 22 heavy (non-hydrogen) atoms. The Morgan fingerprint density at radius 1 is 1.09 bits per heavy atom. The molecule has 0 aromatic heterocycles. The third kappa shape index (κ3) is 2.77. The highest BCUT2D eigenvalue weighted by Crippen LogP contribution is 2.34. The lowest BCUT2D eigenvalue weighted by Gasteiger charge is -2.28. The quantitative estimate of drug-likeness (QED) is 0.862. The summed E-state index contributed by atoms with van der Waals surface area (Å²) in [6.45, 7) is 3.65. The van der Waals surface area contributed by atoms with Gasteiger partial charge in [0.25, 0.3) is 0 Å². The van der Waals surface area contributed by atoms with E-state index in [2.05, 4.69) is 41.1 Å². The number of methoxy groups -OCH3 is 2. The summed E-state index contributed by atoms with van der Waals surface area (Å²) in [5, 5.41) is 0. The molecule has 0 radical (unpaired) electrons. The van der Waals surface area contributed by atoms with Crippen LogP contribution in [0, 0.1) is 6.92 Å². The van der Waals surface area contributed by atoms with Crippen molar-refractivity contribution < 1.29 is 9.47 Å². The SMILES string of the molecule is COc1ccc(CN2CC=Nc3cc(C)ccc32)c(OC)c1. The van der Waals surface area contributed by atoms with Crippen molar-refractivity contribution in [1.82, 2.24) is 0 Å². The van der Waals surface area contributed by atoms with Crippen LogP contribution in [0.3, 0.4) is 0 Å². The lowest BCUT2D eigenvalue weighted by molar-refractivity contribution is 0.391. The van der Waals surface area contributed by atoms with Crippen molar-refractivity contribution in [3.05, 3.63) is 47.5 Å². The fourth-order valence-electron chi connectivity index (χ4n) is 2.68. The van der Waals surface area contributed by atoms with Crippen molar-refractivity contribution in [3.8, 4) is 11.5 Å². The third-order valence-corrected chi connectivity index (χ3v) is 3.86. The summed E-state index contributed by atoms with van der Waals surface area (Å²) in [6, 6.07) is 12.3. The van der Waals surface area contributed by atoms with Crippen LogP contribution in [-0.4, -0.2) is 27.0 Å². The summed E-state index contributed by atoms with van der Waals surface area (Å²) in [5.41, 5.74) is 4.54. The molecule has 4 heteroatoms. The summed E-state index contributed by atoms with van der Waals surface area (Å²) >= 11 is 0. The topological polar surface area (TPSA) is 34.1 Å². The Labute approximate surface area is 131 Å². The first-order valence-corrected chi connectivity index (χ1v) is 7.30. The van der Waals surface area contributed by atoms with Crippen LogP contribution >= 0.6 is 0 Å². The van der Waals surface area contributed by atoms with Gasteiger partial charge in [-0.2, -0.15) is 0 Å². The average Bonchev–Trinajstić information content (AvgIpc) is 2.55. The van der Waals surface area contributed by atoms with E-state index in [1.807, 2.05) is 18.3 Å². The Balaban J connectivity index is 1.90. The first-order chi connectivity index (χ1) is 10.7. The number of nitrogens with zero attached hydrogens (tertiary/aromatic N) is 2. The van der Waals surface area contributed by atoms with Gasteiger partial charge in [-0.05, 0) is 36.8 Å². The van der Waals surface area contributed by atoms with Crippen LogP contribution < -0.4 is 14.4 Å². The van der Waals surface area contributed by atoms with E-state index in [0.29, 0.717) is 0 Å². The molecule has 0 N–H and O–H groups in total. The number of aryl methyl sites for hydroxylation is 1. The molecule has 2 aromatic carbocycles. The van der Waals surface area contributed by atoms with Gasteiger partial charge in [0.1, 0.15) is 11.5 Å². The van der Waals surface area contributed by atoms with Gasteiger partial charge in [-0.1, -0.05) is 6.07 Å². The number of ether oxygens (including phenoxy) is 2. The van der Waals surface area contributed by atoms with Gasteiger partial charge in [-0.25, -0.2) is 0 Å². The Bertz CT molecular complexity index is 710. The van der Waals surface area contributed by atoms with Crippen molar-refractivity contribution >= 4 is 17.6 Å². The zero-order valence-electron chi connectivity index (χ0n) is 13.2. The smallest absolute Gasteiger partial charge is 0.127 e. The zero-order valence-corrected chi connectivity index (χ0v) is 13.2. The van der Waals surface area contributed by atoms with E-state index in [1.54, 1.807) is 14.2 Å². The molecule has 0 spiro atoms. The fraction of sp³-hybridized carbons (Fsp3) is 0.278. The minimum Gasteiger partial charge on any atom is -0.497 e. The van der Waals surface area contributed by atoms with E-state index < -0.39 is 0 Å². The normalized spacial score (nSPS) is 13.0. The number of hydrogen-bond acceptors (Lipinski definition) is 4. The molecule has 114 valence electrons. The highest BCUT2D eigenvalue weighted by molar-refractivity contribution is 5.82. The van der Waals surface area contributed by atoms with Crippen LogP contribution in [0.15, 0.2) is 41.4 Å². The molecule has 4 nitrogen and oxygen atoms in total. The summed E-state index contributed by atoms with van der Waals surface area (Å²) in [4.78, 5) is 6.80. The number of fused-ring (bicyclic) bond motifs is 1. The lowest BCUT2D eigenvalue weighted by atomic mass is 10.1. The van der Waals surface area contributed by atoms with Crippen molar-refractivity contribution in [2.45, 2.75) is 13.5 Å². The standard InChI is InChI=1S/C18H20N2O2/c1-13-4-7-17-16(10-13)19-8-9-20(17)12-14-5-6-15(21-2)11-18(14)22-3/h4-8,10-11H,9,12H2,1-3H3. The molecule has 1 heterocycles. The molecule has 0 saturated heterocycles. The Kier molecular flexibility index (Phi) is 4.00. The number of benzene rings is 2. The average molecular weight is 296 g/mol. The van der Waals surface area contributed by atoms with Crippen LogP contribution in [0.2, 0.25) is 0 Å². The van der Waals surface area contributed by atoms with Gasteiger partial charge in [0.05, 0.1) is 32.1 Å². The Morgan fingerprint density at radius 2 is 1.95 bits per heavy atom. The number of aliphatic imine (C=N–C) groups is 1. The molecule has 1 aliphatic heterocycles. The van der Waals surface area contributed by atoms with Crippen LogP contribution in [-0.2, 0) is 6.54 Å². The van der Waals surface area contributed by atoms with Gasteiger partial charge in [0.15, 0.2) is 0 Å². The minimum atomic E-state index is 0.773. The molecule has 0 amide bonds. The summed E-state index contributed by atoms with van der Waals surface area (Å²) < 4.78 is 10.8. The molecule has 0 saturated carbocycles. The molecule has 0 fully saturated rings. The van der Waals surface area contributed by atoms with Gasteiger partial charge >= 0.3 is 0 Å². The van der Waals surface area contributed by atoms with Crippen LogP contribution in [0.25, 0.3) is 0 Å². The Hall–Kier alpha value is -2.49. The van der Waals surface area contributed by atoms with E-state index in [0.717, 1.165) is 41.5 Å². The van der Waals surface area contributed by atoms with Crippen molar-refractivity contribution in [1.29, 1.82) is 0 Å². The molecule has 1 aliphatic rings. The molecule has 0 aliphatic carbocycles. The Morgan fingerprint density at radius 3 is 2.73 bits per heavy atom. The maximum Gasteiger partial charge on any atom is 0.127 e. The van der Waals surface area contributed by atoms with Crippen molar-refractivity contribution in [2.24, 2.45) is 4.99 Å². The van der Waals surface area contributed by atoms with E-state index >= 15 is 0 Å². The summed E-state index contributed by atoms with van der Waals surface area (Å²) in [6.07, 6.45) is 1.96. The second-order valence-corrected chi connectivity index (χ2v) is 5.36. The van der Waals surface area contributed by atoms with Crippen LogP contribution in [0.1, 0.15) is 11.1 Å². The van der Waals surface area contributed by atoms with E-state index in [1.165, 1.54) is 5.56 Å². The van der Waals surface area contributed by atoms with Gasteiger partial charge in [-0.15, -0.1) is 0 Å². The fourth-order valence-corrected chi connectivity index (χ4v) is 2.68. The third-order valence-electron chi connectivity index (χ3n) is 3.86. The predicted octanol–water partition coefficient (Wildman–Crippen LogP) is 3.73. The predicted molar refractivity (Wildman–Crippen MR) is 89.9 cm³/mol. The summed E-state index contributed by atoms with van der Waals surface area (Å²) in [5.74, 6) is 1.65. The molecule has 0 atom stereocenters. The number of rotatable bonds is 4. The van der Waals surface area contributed by atoms with Gasteiger partial charge in [0.2, 0.25) is 0 Å².